The van der Waals surface area contributed by atoms with Crippen molar-refractivity contribution in [2.24, 2.45) is 0 Å². The van der Waals surface area contributed by atoms with E-state index in [4.69, 9.17) is 11.6 Å². The number of amides is 1. The molecule has 0 fully saturated rings. The maximum Gasteiger partial charge on any atom is 0.309 e. The molecule has 0 unspecified atom stereocenters. The van der Waals surface area contributed by atoms with Crippen molar-refractivity contribution in [1.82, 2.24) is 5.32 Å². The molecule has 0 aliphatic rings. The van der Waals surface area contributed by atoms with Gasteiger partial charge in [0.05, 0.1) is 13.5 Å². The molecule has 1 rings (SSSR count). The van der Waals surface area contributed by atoms with Crippen molar-refractivity contribution in [3.05, 3.63) is 35.4 Å². The highest BCUT2D eigenvalue weighted by molar-refractivity contribution is 6.27. The van der Waals surface area contributed by atoms with Crippen LogP contribution in [0.15, 0.2) is 24.3 Å². The molecule has 92 valence electrons. The van der Waals surface area contributed by atoms with Gasteiger partial charge in [-0.25, -0.2) is 0 Å². The fraction of sp³-hybridized carbons (Fsp3) is 0.333. The first-order chi connectivity index (χ1) is 8.17. The standard InChI is InChI=1S/C12H14ClNO3/c1-17-12(16)6-9-4-2-3-5-10(9)8-14-11(15)7-13/h2-5H,6-8H2,1H3,(H,14,15). The van der Waals surface area contributed by atoms with Gasteiger partial charge in [-0.15, -0.1) is 11.6 Å². The first-order valence-corrected chi connectivity index (χ1v) is 5.67. The second-order valence-corrected chi connectivity index (χ2v) is 3.70. The van der Waals surface area contributed by atoms with Crippen molar-refractivity contribution in [1.29, 1.82) is 0 Å². The number of rotatable bonds is 5. The molecular formula is C12H14ClNO3. The van der Waals surface area contributed by atoms with E-state index in [9.17, 15) is 9.59 Å². The van der Waals surface area contributed by atoms with Gasteiger partial charge in [0.1, 0.15) is 5.88 Å². The zero-order chi connectivity index (χ0) is 12.7. The Morgan fingerprint density at radius 3 is 2.53 bits per heavy atom. The van der Waals surface area contributed by atoms with Crippen LogP contribution in [-0.2, 0) is 27.3 Å². The van der Waals surface area contributed by atoms with E-state index in [0.717, 1.165) is 11.1 Å². The maximum absolute atomic E-state index is 11.2. The quantitative estimate of drug-likeness (QED) is 0.637. The number of hydrogen-bond acceptors (Lipinski definition) is 3. The Hall–Kier alpha value is -1.55. The lowest BCUT2D eigenvalue weighted by Crippen LogP contribution is -2.24. The van der Waals surface area contributed by atoms with E-state index in [1.807, 2.05) is 24.3 Å². The Kier molecular flexibility index (Phi) is 5.49. The zero-order valence-electron chi connectivity index (χ0n) is 9.53. The molecule has 1 aromatic carbocycles. The van der Waals surface area contributed by atoms with E-state index in [0.29, 0.717) is 6.54 Å². The van der Waals surface area contributed by atoms with Gasteiger partial charge in [-0.1, -0.05) is 24.3 Å². The van der Waals surface area contributed by atoms with E-state index in [2.05, 4.69) is 10.1 Å². The lowest BCUT2D eigenvalue weighted by atomic mass is 10.0. The summed E-state index contributed by atoms with van der Waals surface area (Å²) in [4.78, 5) is 22.2. The number of alkyl halides is 1. The van der Waals surface area contributed by atoms with Crippen molar-refractivity contribution in [2.75, 3.05) is 13.0 Å². The summed E-state index contributed by atoms with van der Waals surface area (Å²) >= 11 is 5.38. The molecule has 0 bridgehead atoms. The molecule has 0 heterocycles. The summed E-state index contributed by atoms with van der Waals surface area (Å²) in [6, 6.07) is 7.37. The van der Waals surface area contributed by atoms with Gasteiger partial charge in [0, 0.05) is 6.54 Å². The fourth-order valence-corrected chi connectivity index (χ4v) is 1.47. The number of ether oxygens (including phenoxy) is 1. The molecule has 1 amide bonds. The molecular weight excluding hydrogens is 242 g/mol. The maximum atomic E-state index is 11.2. The molecule has 1 aromatic rings. The van der Waals surface area contributed by atoms with Gasteiger partial charge in [-0.3, -0.25) is 9.59 Å². The molecule has 5 heteroatoms. The Morgan fingerprint density at radius 1 is 1.29 bits per heavy atom. The number of methoxy groups -OCH3 is 1. The van der Waals surface area contributed by atoms with Gasteiger partial charge in [0.2, 0.25) is 5.91 Å². The van der Waals surface area contributed by atoms with Gasteiger partial charge >= 0.3 is 5.97 Å². The molecule has 0 saturated carbocycles. The zero-order valence-corrected chi connectivity index (χ0v) is 10.3. The third-order valence-electron chi connectivity index (χ3n) is 2.28. The van der Waals surface area contributed by atoms with E-state index >= 15 is 0 Å². The number of carbonyl (C=O) groups is 2. The molecule has 0 saturated heterocycles. The topological polar surface area (TPSA) is 55.4 Å². The van der Waals surface area contributed by atoms with Crippen LogP contribution in [0, 0.1) is 0 Å². The number of nitrogens with one attached hydrogen (secondary N) is 1. The van der Waals surface area contributed by atoms with Crippen LogP contribution in [0.2, 0.25) is 0 Å². The largest absolute Gasteiger partial charge is 0.469 e. The number of halogens is 1. The Labute approximate surface area is 105 Å². The van der Waals surface area contributed by atoms with Crippen LogP contribution < -0.4 is 5.32 Å². The third-order valence-corrected chi connectivity index (χ3v) is 2.52. The van der Waals surface area contributed by atoms with E-state index in [-0.39, 0.29) is 24.2 Å². The van der Waals surface area contributed by atoms with Crippen LogP contribution in [0.1, 0.15) is 11.1 Å². The molecule has 0 aliphatic heterocycles. The van der Waals surface area contributed by atoms with Crippen LogP contribution in [-0.4, -0.2) is 24.9 Å². The first-order valence-electron chi connectivity index (χ1n) is 5.13. The van der Waals surface area contributed by atoms with Crippen LogP contribution in [0.5, 0.6) is 0 Å². The second-order valence-electron chi connectivity index (χ2n) is 3.43. The van der Waals surface area contributed by atoms with E-state index in [1.165, 1.54) is 7.11 Å². The van der Waals surface area contributed by atoms with E-state index < -0.39 is 0 Å². The van der Waals surface area contributed by atoms with Gasteiger partial charge in [-0.05, 0) is 11.1 Å². The summed E-state index contributed by atoms with van der Waals surface area (Å²) in [5, 5.41) is 2.66. The van der Waals surface area contributed by atoms with Crippen molar-refractivity contribution in [3.63, 3.8) is 0 Å². The summed E-state index contributed by atoms with van der Waals surface area (Å²) in [6.07, 6.45) is 0.198. The van der Waals surface area contributed by atoms with Crippen molar-refractivity contribution < 1.29 is 14.3 Å². The average Bonchev–Trinajstić information content (AvgIpc) is 2.37. The Balaban J connectivity index is 2.70. The Morgan fingerprint density at radius 2 is 1.94 bits per heavy atom. The second kappa shape index (κ2) is 6.91. The van der Waals surface area contributed by atoms with Crippen LogP contribution >= 0.6 is 11.6 Å². The van der Waals surface area contributed by atoms with Crippen molar-refractivity contribution in [3.8, 4) is 0 Å². The highest BCUT2D eigenvalue weighted by Gasteiger charge is 2.08. The predicted molar refractivity (Wildman–Crippen MR) is 64.7 cm³/mol. The van der Waals surface area contributed by atoms with Gasteiger partial charge in [0.15, 0.2) is 0 Å². The summed E-state index contributed by atoms with van der Waals surface area (Å²) in [5.41, 5.74) is 1.73. The lowest BCUT2D eigenvalue weighted by molar-refractivity contribution is -0.139. The summed E-state index contributed by atoms with van der Waals surface area (Å²) in [6.45, 7) is 0.360. The van der Waals surface area contributed by atoms with Gasteiger partial charge in [-0.2, -0.15) is 0 Å². The minimum Gasteiger partial charge on any atom is -0.469 e. The highest BCUT2D eigenvalue weighted by atomic mass is 35.5. The van der Waals surface area contributed by atoms with Crippen molar-refractivity contribution in [2.45, 2.75) is 13.0 Å². The predicted octanol–water partition coefficient (Wildman–Crippen LogP) is 1.26. The van der Waals surface area contributed by atoms with Crippen LogP contribution in [0.3, 0.4) is 0 Å². The molecule has 1 N–H and O–H groups in total. The lowest BCUT2D eigenvalue weighted by Gasteiger charge is -2.09. The summed E-state index contributed by atoms with van der Waals surface area (Å²) < 4.78 is 4.61. The minimum atomic E-state index is -0.305. The van der Waals surface area contributed by atoms with Crippen LogP contribution in [0.4, 0.5) is 0 Å². The van der Waals surface area contributed by atoms with Crippen molar-refractivity contribution >= 4 is 23.5 Å². The summed E-state index contributed by atoms with van der Waals surface area (Å²) in [7, 11) is 1.35. The van der Waals surface area contributed by atoms with Gasteiger partial charge in [0.25, 0.3) is 0 Å². The van der Waals surface area contributed by atoms with Gasteiger partial charge < -0.3 is 10.1 Å². The monoisotopic (exact) mass is 255 g/mol. The number of hydrogen-bond donors (Lipinski definition) is 1. The third kappa shape index (κ3) is 4.44. The number of esters is 1. The molecule has 0 aromatic heterocycles. The molecule has 4 nitrogen and oxygen atoms in total. The molecule has 0 spiro atoms. The SMILES string of the molecule is COC(=O)Cc1ccccc1CNC(=O)CCl. The normalized spacial score (nSPS) is 9.76. The molecule has 17 heavy (non-hydrogen) atoms. The molecule has 0 atom stereocenters. The summed E-state index contributed by atoms with van der Waals surface area (Å²) in [5.74, 6) is -0.611. The average molecular weight is 256 g/mol. The smallest absolute Gasteiger partial charge is 0.309 e. The molecule has 0 radical (unpaired) electrons. The number of carbonyl (C=O) groups excluding carboxylic acids is 2. The molecule has 0 aliphatic carbocycles. The first kappa shape index (κ1) is 13.5. The number of benzene rings is 1. The van der Waals surface area contributed by atoms with Crippen LogP contribution in [0.25, 0.3) is 0 Å². The highest BCUT2D eigenvalue weighted by Crippen LogP contribution is 2.10. The Bertz CT molecular complexity index is 406. The minimum absolute atomic E-state index is 0.0703. The fourth-order valence-electron chi connectivity index (χ4n) is 1.37. The van der Waals surface area contributed by atoms with E-state index in [1.54, 1.807) is 0 Å².